The first-order valence-corrected chi connectivity index (χ1v) is 12.4. The molecule has 0 saturated carbocycles. The molecule has 3 N–H and O–H groups in total. The Hall–Kier alpha value is -4.17. The highest BCUT2D eigenvalue weighted by Crippen LogP contribution is 2.41. The number of carbonyl (C=O) groups is 1. The lowest BCUT2D eigenvalue weighted by molar-refractivity contribution is -0.118. The SMILES string of the molecule is CN(C)C/C=C/C(=O)N[C@@]1(C)CCc2c(-c3ccc(Oc4ccccc4)cc3)c3c(N)ncnc3n2C1. The van der Waals surface area contributed by atoms with E-state index in [2.05, 4.69) is 26.8 Å². The summed E-state index contributed by atoms with van der Waals surface area (Å²) in [6.45, 7) is 3.39. The predicted molar refractivity (Wildman–Crippen MR) is 146 cm³/mol. The molecular weight excluding hydrogens is 464 g/mol. The van der Waals surface area contributed by atoms with Crippen molar-refractivity contribution in [2.24, 2.45) is 0 Å². The van der Waals surface area contributed by atoms with Crippen LogP contribution in [0.4, 0.5) is 5.82 Å². The number of fused-ring (bicyclic) bond motifs is 3. The van der Waals surface area contributed by atoms with Gasteiger partial charge >= 0.3 is 0 Å². The van der Waals surface area contributed by atoms with Gasteiger partial charge in [-0.05, 0) is 63.7 Å². The molecule has 1 aliphatic heterocycles. The smallest absolute Gasteiger partial charge is 0.244 e. The summed E-state index contributed by atoms with van der Waals surface area (Å²) < 4.78 is 8.16. The van der Waals surface area contributed by atoms with E-state index in [1.54, 1.807) is 6.08 Å². The molecule has 8 nitrogen and oxygen atoms in total. The minimum Gasteiger partial charge on any atom is -0.457 e. The van der Waals surface area contributed by atoms with Crippen LogP contribution in [0, 0.1) is 0 Å². The Morgan fingerprint density at radius 1 is 1.14 bits per heavy atom. The molecule has 190 valence electrons. The molecule has 0 radical (unpaired) electrons. The summed E-state index contributed by atoms with van der Waals surface area (Å²) >= 11 is 0. The maximum Gasteiger partial charge on any atom is 0.244 e. The predicted octanol–water partition coefficient (Wildman–Crippen LogP) is 4.41. The highest BCUT2D eigenvalue weighted by Gasteiger charge is 2.35. The lowest BCUT2D eigenvalue weighted by atomic mass is 9.89. The molecule has 1 atom stereocenters. The van der Waals surface area contributed by atoms with Gasteiger partial charge in [0.05, 0.1) is 10.9 Å². The number of nitrogen functional groups attached to an aromatic ring is 1. The molecule has 1 amide bonds. The zero-order chi connectivity index (χ0) is 26.0. The van der Waals surface area contributed by atoms with Crippen LogP contribution in [0.3, 0.4) is 0 Å². The van der Waals surface area contributed by atoms with Gasteiger partial charge in [0, 0.05) is 30.4 Å². The molecule has 37 heavy (non-hydrogen) atoms. The first-order chi connectivity index (χ1) is 17.8. The van der Waals surface area contributed by atoms with Crippen LogP contribution in [0.5, 0.6) is 11.5 Å². The average molecular weight is 497 g/mol. The zero-order valence-corrected chi connectivity index (χ0v) is 21.4. The number of rotatable bonds is 7. The quantitative estimate of drug-likeness (QED) is 0.368. The van der Waals surface area contributed by atoms with E-state index in [9.17, 15) is 4.79 Å². The number of carbonyl (C=O) groups excluding carboxylic acids is 1. The number of nitrogens with one attached hydrogen (secondary N) is 1. The minimum atomic E-state index is -0.414. The standard InChI is InChI=1S/C29H32N6O2/c1-29(33-24(36)10-7-17-34(2)3)16-15-23-25(26-27(30)31-19-32-28(26)35(23)18-29)20-11-13-22(14-12-20)37-21-8-5-4-6-9-21/h4-14,19H,15-18H2,1-3H3,(H,33,36)(H2,30,31,32)/b10-7+/t29-/m0/s1. The van der Waals surface area contributed by atoms with E-state index in [4.69, 9.17) is 10.5 Å². The number of benzene rings is 2. The second kappa shape index (κ2) is 10.1. The van der Waals surface area contributed by atoms with E-state index < -0.39 is 5.54 Å². The summed E-state index contributed by atoms with van der Waals surface area (Å²) in [6, 6.07) is 17.7. The molecule has 2 aromatic carbocycles. The van der Waals surface area contributed by atoms with Crippen molar-refractivity contribution in [3.8, 4) is 22.6 Å². The van der Waals surface area contributed by atoms with Gasteiger partial charge in [-0.15, -0.1) is 0 Å². The van der Waals surface area contributed by atoms with Crippen LogP contribution in [-0.2, 0) is 17.8 Å². The highest BCUT2D eigenvalue weighted by atomic mass is 16.5. The topological polar surface area (TPSA) is 98.3 Å². The molecule has 0 saturated heterocycles. The second-order valence-corrected chi connectivity index (χ2v) is 10.0. The fourth-order valence-electron chi connectivity index (χ4n) is 4.93. The van der Waals surface area contributed by atoms with Crippen molar-refractivity contribution in [2.45, 2.75) is 31.8 Å². The molecule has 1 aliphatic rings. The number of nitrogens with two attached hydrogens (primary N) is 1. The van der Waals surface area contributed by atoms with Crippen molar-refractivity contribution in [3.63, 3.8) is 0 Å². The number of hydrogen-bond acceptors (Lipinski definition) is 6. The van der Waals surface area contributed by atoms with Gasteiger partial charge in [-0.3, -0.25) is 4.79 Å². The summed E-state index contributed by atoms with van der Waals surface area (Å²) in [5, 5.41) is 4.06. The van der Waals surface area contributed by atoms with Crippen molar-refractivity contribution in [1.29, 1.82) is 0 Å². The second-order valence-electron chi connectivity index (χ2n) is 10.0. The average Bonchev–Trinajstić information content (AvgIpc) is 3.19. The maximum atomic E-state index is 12.6. The van der Waals surface area contributed by atoms with Crippen LogP contribution >= 0.6 is 0 Å². The van der Waals surface area contributed by atoms with Crippen molar-refractivity contribution in [2.75, 3.05) is 26.4 Å². The third kappa shape index (κ3) is 5.20. The van der Waals surface area contributed by atoms with E-state index in [0.29, 0.717) is 18.9 Å². The van der Waals surface area contributed by atoms with Gasteiger partial charge in [-0.2, -0.15) is 0 Å². The Bertz CT molecular complexity index is 1440. The first-order valence-electron chi connectivity index (χ1n) is 12.4. The van der Waals surface area contributed by atoms with Gasteiger partial charge in [0.25, 0.3) is 0 Å². The van der Waals surface area contributed by atoms with Crippen molar-refractivity contribution >= 4 is 22.8 Å². The van der Waals surface area contributed by atoms with Crippen molar-refractivity contribution < 1.29 is 9.53 Å². The van der Waals surface area contributed by atoms with E-state index in [1.807, 2.05) is 79.7 Å². The summed E-state index contributed by atoms with van der Waals surface area (Å²) in [4.78, 5) is 23.5. The Labute approximate surface area is 216 Å². The van der Waals surface area contributed by atoms with Crippen molar-refractivity contribution in [1.82, 2.24) is 24.8 Å². The molecule has 5 rings (SSSR count). The molecule has 3 heterocycles. The number of nitrogens with zero attached hydrogens (tertiary/aromatic N) is 4. The van der Waals surface area contributed by atoms with Crippen LogP contribution in [0.1, 0.15) is 19.0 Å². The third-order valence-electron chi connectivity index (χ3n) is 6.68. The molecule has 0 spiro atoms. The number of para-hydroxylation sites is 1. The van der Waals surface area contributed by atoms with Gasteiger partial charge in [-0.1, -0.05) is 36.4 Å². The fourth-order valence-corrected chi connectivity index (χ4v) is 4.93. The summed E-state index contributed by atoms with van der Waals surface area (Å²) in [5.41, 5.74) is 9.98. The van der Waals surface area contributed by atoms with E-state index in [0.717, 1.165) is 52.2 Å². The Morgan fingerprint density at radius 3 is 2.59 bits per heavy atom. The monoisotopic (exact) mass is 496 g/mol. The van der Waals surface area contributed by atoms with Crippen LogP contribution in [0.25, 0.3) is 22.2 Å². The normalized spacial score (nSPS) is 17.3. The van der Waals surface area contributed by atoms with Crippen LogP contribution < -0.4 is 15.8 Å². The van der Waals surface area contributed by atoms with Gasteiger partial charge < -0.3 is 25.3 Å². The van der Waals surface area contributed by atoms with E-state index in [1.165, 1.54) is 6.33 Å². The molecule has 8 heteroatoms. The van der Waals surface area contributed by atoms with Gasteiger partial charge in [0.2, 0.25) is 5.91 Å². The number of likely N-dealkylation sites (N-methyl/N-ethyl adjacent to an activating group) is 1. The molecular formula is C29H32N6O2. The van der Waals surface area contributed by atoms with Gasteiger partial charge in [0.15, 0.2) is 0 Å². The largest absolute Gasteiger partial charge is 0.457 e. The van der Waals surface area contributed by atoms with Gasteiger partial charge in [-0.25, -0.2) is 9.97 Å². The van der Waals surface area contributed by atoms with Crippen LogP contribution in [-0.4, -0.2) is 51.5 Å². The van der Waals surface area contributed by atoms with E-state index >= 15 is 0 Å². The lowest BCUT2D eigenvalue weighted by Crippen LogP contribution is -2.51. The van der Waals surface area contributed by atoms with Crippen molar-refractivity contribution in [3.05, 3.63) is 78.8 Å². The molecule has 2 aromatic heterocycles. The number of hydrogen-bond donors (Lipinski definition) is 2. The minimum absolute atomic E-state index is 0.0902. The Balaban J connectivity index is 1.46. The first kappa shape index (κ1) is 24.5. The molecule has 0 aliphatic carbocycles. The lowest BCUT2D eigenvalue weighted by Gasteiger charge is -2.36. The third-order valence-corrected chi connectivity index (χ3v) is 6.68. The van der Waals surface area contributed by atoms with Crippen LogP contribution in [0.2, 0.25) is 0 Å². The number of aromatic nitrogens is 3. The highest BCUT2D eigenvalue weighted by molar-refractivity contribution is 6.02. The molecule has 0 bridgehead atoms. The number of anilines is 1. The summed E-state index contributed by atoms with van der Waals surface area (Å²) in [5.74, 6) is 1.91. The molecule has 4 aromatic rings. The maximum absolute atomic E-state index is 12.6. The number of ether oxygens (including phenoxy) is 1. The van der Waals surface area contributed by atoms with E-state index in [-0.39, 0.29) is 5.91 Å². The Morgan fingerprint density at radius 2 is 1.86 bits per heavy atom. The summed E-state index contributed by atoms with van der Waals surface area (Å²) in [6.07, 6.45) is 6.55. The van der Waals surface area contributed by atoms with Gasteiger partial charge in [0.1, 0.15) is 29.3 Å². The number of amides is 1. The molecule has 0 unspecified atom stereocenters. The fraction of sp³-hybridized carbons (Fsp3) is 0.276. The zero-order valence-electron chi connectivity index (χ0n) is 21.4. The summed E-state index contributed by atoms with van der Waals surface area (Å²) in [7, 11) is 3.94. The van der Waals surface area contributed by atoms with Crippen LogP contribution in [0.15, 0.2) is 73.1 Å². The molecule has 0 fully saturated rings. The Kier molecular flexibility index (Phi) is 6.67.